The zero-order valence-corrected chi connectivity index (χ0v) is 13.4. The van der Waals surface area contributed by atoms with E-state index in [0.29, 0.717) is 12.2 Å². The van der Waals surface area contributed by atoms with Crippen LogP contribution in [0.15, 0.2) is 42.1 Å². The zero-order valence-electron chi connectivity index (χ0n) is 13.4. The van der Waals surface area contributed by atoms with E-state index >= 15 is 0 Å². The number of carboxylic acid groups (broad SMARTS) is 1. The summed E-state index contributed by atoms with van der Waals surface area (Å²) in [5.41, 5.74) is 1.79. The van der Waals surface area contributed by atoms with Crippen LogP contribution in [-0.4, -0.2) is 41.9 Å². The zero-order chi connectivity index (χ0) is 17.1. The molecule has 0 radical (unpaired) electrons. The van der Waals surface area contributed by atoms with Gasteiger partial charge in [-0.25, -0.2) is 9.18 Å². The van der Waals surface area contributed by atoms with Crippen LogP contribution in [0.4, 0.5) is 15.8 Å². The highest BCUT2D eigenvalue weighted by Crippen LogP contribution is 2.35. The molecule has 1 aromatic rings. The normalized spacial score (nSPS) is 20.9. The Morgan fingerprint density at radius 1 is 1.29 bits per heavy atom. The van der Waals surface area contributed by atoms with Crippen molar-refractivity contribution in [1.82, 2.24) is 0 Å². The lowest BCUT2D eigenvalue weighted by Crippen LogP contribution is -2.42. The van der Waals surface area contributed by atoms with Gasteiger partial charge < -0.3 is 20.0 Å². The number of piperidine rings is 1. The number of aliphatic carboxylic acids is 1. The average molecular weight is 332 g/mol. The van der Waals surface area contributed by atoms with Crippen LogP contribution in [0.3, 0.4) is 0 Å². The third-order valence-electron chi connectivity index (χ3n) is 4.58. The predicted octanol–water partition coefficient (Wildman–Crippen LogP) is 2.52. The Labute approximate surface area is 140 Å². The minimum atomic E-state index is -0.971. The van der Waals surface area contributed by atoms with Crippen molar-refractivity contribution in [2.45, 2.75) is 25.3 Å². The van der Waals surface area contributed by atoms with Crippen LogP contribution < -0.4 is 9.80 Å². The fourth-order valence-corrected chi connectivity index (χ4v) is 3.31. The van der Waals surface area contributed by atoms with Gasteiger partial charge in [0.25, 0.3) is 0 Å². The maximum Gasteiger partial charge on any atom is 0.335 e. The molecule has 0 bridgehead atoms. The number of rotatable bonds is 4. The van der Waals surface area contributed by atoms with Gasteiger partial charge in [0.1, 0.15) is 5.82 Å². The quantitative estimate of drug-likeness (QED) is 0.887. The summed E-state index contributed by atoms with van der Waals surface area (Å²) in [4.78, 5) is 15.0. The average Bonchev–Trinajstić information content (AvgIpc) is 2.61. The Morgan fingerprint density at radius 3 is 2.79 bits per heavy atom. The molecule has 3 rings (SSSR count). The minimum absolute atomic E-state index is 0.0295. The number of hydrogen-bond acceptors (Lipinski definition) is 4. The number of benzene rings is 1. The van der Waals surface area contributed by atoms with Gasteiger partial charge in [-0.05, 0) is 43.5 Å². The second-order valence-corrected chi connectivity index (χ2v) is 6.09. The third kappa shape index (κ3) is 3.28. The van der Waals surface area contributed by atoms with Crippen molar-refractivity contribution in [3.63, 3.8) is 0 Å². The van der Waals surface area contributed by atoms with Gasteiger partial charge in [0, 0.05) is 19.3 Å². The number of nitrogens with zero attached hydrogens (tertiary/aromatic N) is 2. The van der Waals surface area contributed by atoms with Crippen molar-refractivity contribution in [1.29, 1.82) is 0 Å². The molecule has 2 aliphatic rings. The van der Waals surface area contributed by atoms with Gasteiger partial charge in [-0.2, -0.15) is 0 Å². The van der Waals surface area contributed by atoms with Crippen LogP contribution >= 0.6 is 0 Å². The van der Waals surface area contributed by atoms with Crippen LogP contribution in [0.5, 0.6) is 0 Å². The summed E-state index contributed by atoms with van der Waals surface area (Å²) in [6, 6.07) is 4.65. The van der Waals surface area contributed by atoms with Crippen molar-refractivity contribution in [3.05, 3.63) is 47.9 Å². The number of hydrogen-bond donors (Lipinski definition) is 2. The molecule has 0 spiro atoms. The van der Waals surface area contributed by atoms with Crippen molar-refractivity contribution in [3.8, 4) is 0 Å². The second-order valence-electron chi connectivity index (χ2n) is 6.09. The Kier molecular flexibility index (Phi) is 4.85. The Bertz CT molecular complexity index is 687. The molecular weight excluding hydrogens is 311 g/mol. The topological polar surface area (TPSA) is 64.0 Å². The van der Waals surface area contributed by atoms with E-state index in [9.17, 15) is 14.3 Å². The van der Waals surface area contributed by atoms with Crippen molar-refractivity contribution in [2.75, 3.05) is 29.5 Å². The molecule has 5 nitrogen and oxygen atoms in total. The van der Waals surface area contributed by atoms with Gasteiger partial charge in [0.2, 0.25) is 0 Å². The standard InChI is InChI=1S/C18H21FN2O3/c19-14-4-5-16(21-8-2-1-3-15(21)12-22)17(11-14)20-9-6-13(7-10-20)18(23)24/h4-7,9,11,15,22H,1-3,8,10,12H2,(H,23,24). The van der Waals surface area contributed by atoms with Crippen LogP contribution in [-0.2, 0) is 4.79 Å². The van der Waals surface area contributed by atoms with Gasteiger partial charge in [-0.3, -0.25) is 0 Å². The van der Waals surface area contributed by atoms with Crippen LogP contribution in [0.2, 0.25) is 0 Å². The lowest BCUT2D eigenvalue weighted by molar-refractivity contribution is -0.132. The molecule has 1 fully saturated rings. The number of carbonyl (C=O) groups is 1. The number of aliphatic hydroxyl groups excluding tert-OH is 1. The molecule has 1 aromatic carbocycles. The van der Waals surface area contributed by atoms with E-state index in [2.05, 4.69) is 4.90 Å². The summed E-state index contributed by atoms with van der Waals surface area (Å²) in [6.45, 7) is 1.25. The molecule has 128 valence electrons. The molecular formula is C18H21FN2O3. The summed E-state index contributed by atoms with van der Waals surface area (Å²) in [7, 11) is 0. The van der Waals surface area contributed by atoms with Crippen molar-refractivity contribution >= 4 is 17.3 Å². The summed E-state index contributed by atoms with van der Waals surface area (Å²) < 4.78 is 13.8. The number of halogens is 1. The first-order valence-electron chi connectivity index (χ1n) is 8.15. The van der Waals surface area contributed by atoms with E-state index in [-0.39, 0.29) is 24.0 Å². The van der Waals surface area contributed by atoms with Crippen molar-refractivity contribution < 1.29 is 19.4 Å². The second kappa shape index (κ2) is 7.05. The van der Waals surface area contributed by atoms with E-state index in [0.717, 1.165) is 31.5 Å². The smallest absolute Gasteiger partial charge is 0.335 e. The molecule has 1 unspecified atom stereocenters. The highest BCUT2D eigenvalue weighted by atomic mass is 19.1. The molecule has 24 heavy (non-hydrogen) atoms. The van der Waals surface area contributed by atoms with Gasteiger partial charge in [-0.15, -0.1) is 0 Å². The summed E-state index contributed by atoms with van der Waals surface area (Å²) in [5.74, 6) is -1.31. The van der Waals surface area contributed by atoms with Crippen LogP contribution in [0.25, 0.3) is 0 Å². The Morgan fingerprint density at radius 2 is 2.12 bits per heavy atom. The number of carboxylic acids is 1. The molecule has 2 heterocycles. The number of anilines is 2. The van der Waals surface area contributed by atoms with Gasteiger partial charge in [0.05, 0.1) is 29.6 Å². The van der Waals surface area contributed by atoms with Gasteiger partial charge in [0.15, 0.2) is 0 Å². The maximum absolute atomic E-state index is 13.8. The fraction of sp³-hybridized carbons (Fsp3) is 0.389. The van der Waals surface area contributed by atoms with Gasteiger partial charge >= 0.3 is 5.97 Å². The largest absolute Gasteiger partial charge is 0.478 e. The Hall–Kier alpha value is -2.34. The van der Waals surface area contributed by atoms with E-state index in [1.54, 1.807) is 18.3 Å². The van der Waals surface area contributed by atoms with Crippen LogP contribution in [0.1, 0.15) is 19.3 Å². The molecule has 6 heteroatoms. The molecule has 2 aliphatic heterocycles. The van der Waals surface area contributed by atoms with E-state index < -0.39 is 5.97 Å². The molecule has 2 N–H and O–H groups in total. The van der Waals surface area contributed by atoms with E-state index in [1.165, 1.54) is 18.2 Å². The molecule has 0 aliphatic carbocycles. The summed E-state index contributed by atoms with van der Waals surface area (Å²) >= 11 is 0. The Balaban J connectivity index is 1.92. The molecule has 1 saturated heterocycles. The lowest BCUT2D eigenvalue weighted by atomic mass is 10.0. The maximum atomic E-state index is 13.8. The van der Waals surface area contributed by atoms with Crippen molar-refractivity contribution in [2.24, 2.45) is 0 Å². The summed E-state index contributed by atoms with van der Waals surface area (Å²) in [6.07, 6.45) is 7.81. The van der Waals surface area contributed by atoms with E-state index in [4.69, 9.17) is 5.11 Å². The lowest BCUT2D eigenvalue weighted by Gasteiger charge is -2.39. The summed E-state index contributed by atoms with van der Waals surface area (Å²) in [5, 5.41) is 18.7. The SMILES string of the molecule is O=C(O)C1=CCN(c2cc(F)ccc2N2CCCCC2CO)C=C1. The minimum Gasteiger partial charge on any atom is -0.478 e. The van der Waals surface area contributed by atoms with Gasteiger partial charge in [-0.1, -0.05) is 6.08 Å². The number of aliphatic hydroxyl groups is 1. The molecule has 0 amide bonds. The van der Waals surface area contributed by atoms with E-state index in [1.807, 2.05) is 4.90 Å². The third-order valence-corrected chi connectivity index (χ3v) is 4.58. The first-order valence-corrected chi connectivity index (χ1v) is 8.15. The fourth-order valence-electron chi connectivity index (χ4n) is 3.31. The molecule has 1 atom stereocenters. The highest BCUT2D eigenvalue weighted by molar-refractivity contribution is 5.90. The molecule has 0 saturated carbocycles. The predicted molar refractivity (Wildman–Crippen MR) is 90.7 cm³/mol. The molecule has 0 aromatic heterocycles. The first-order chi connectivity index (χ1) is 11.6. The highest BCUT2D eigenvalue weighted by Gasteiger charge is 2.25. The first kappa shape index (κ1) is 16.5. The van der Waals surface area contributed by atoms with Crippen LogP contribution in [0, 0.1) is 5.82 Å². The monoisotopic (exact) mass is 332 g/mol.